The van der Waals surface area contributed by atoms with E-state index in [1.54, 1.807) is 0 Å². The molecule has 2 saturated carbocycles. The third-order valence-electron chi connectivity index (χ3n) is 4.29. The van der Waals surface area contributed by atoms with Crippen molar-refractivity contribution in [1.29, 1.82) is 0 Å². The van der Waals surface area contributed by atoms with Crippen molar-refractivity contribution in [3.05, 3.63) is 0 Å². The molecule has 14 heavy (non-hydrogen) atoms. The average Bonchev–Trinajstić information content (AvgIpc) is 2.94. The zero-order valence-electron chi connectivity index (χ0n) is 9.04. The molecule has 1 heterocycles. The van der Waals surface area contributed by atoms with Gasteiger partial charge in [-0.25, -0.2) is 0 Å². The Kier molecular flexibility index (Phi) is 2.50. The highest BCUT2D eigenvalue weighted by molar-refractivity contribution is 4.95. The minimum atomic E-state index is 0.888. The number of nitrogens with one attached hydrogen (secondary N) is 1. The Bertz CT molecular complexity index is 194. The molecule has 1 aliphatic heterocycles. The molecule has 1 atom stereocenters. The van der Waals surface area contributed by atoms with Crippen LogP contribution in [0.15, 0.2) is 0 Å². The molecule has 80 valence electrons. The summed E-state index contributed by atoms with van der Waals surface area (Å²) in [7, 11) is 0. The Balaban J connectivity index is 1.66. The number of nitrogens with zero attached hydrogens (tertiary/aromatic N) is 1. The van der Waals surface area contributed by atoms with E-state index < -0.39 is 0 Å². The van der Waals surface area contributed by atoms with Gasteiger partial charge in [0.2, 0.25) is 0 Å². The second kappa shape index (κ2) is 3.82. The van der Waals surface area contributed by atoms with Gasteiger partial charge in [0.25, 0.3) is 0 Å². The smallest absolute Gasteiger partial charge is 0.0252 e. The van der Waals surface area contributed by atoms with Crippen LogP contribution in [0.4, 0.5) is 0 Å². The van der Waals surface area contributed by atoms with Gasteiger partial charge < -0.3 is 5.32 Å². The van der Waals surface area contributed by atoms with Gasteiger partial charge in [0.15, 0.2) is 0 Å². The van der Waals surface area contributed by atoms with Crippen LogP contribution >= 0.6 is 0 Å². The summed E-state index contributed by atoms with van der Waals surface area (Å²) in [4.78, 5) is 2.83. The quantitative estimate of drug-likeness (QED) is 0.718. The third kappa shape index (κ3) is 1.70. The van der Waals surface area contributed by atoms with E-state index in [0.717, 1.165) is 18.0 Å². The van der Waals surface area contributed by atoms with E-state index in [1.165, 1.54) is 58.2 Å². The van der Waals surface area contributed by atoms with Gasteiger partial charge in [-0.3, -0.25) is 4.90 Å². The van der Waals surface area contributed by atoms with Crippen molar-refractivity contribution in [2.24, 2.45) is 5.92 Å². The lowest BCUT2D eigenvalue weighted by Crippen LogP contribution is -2.54. The first-order valence-corrected chi connectivity index (χ1v) is 6.41. The van der Waals surface area contributed by atoms with Crippen LogP contribution in [0, 0.1) is 5.92 Å². The lowest BCUT2D eigenvalue weighted by Gasteiger charge is -2.40. The minimum Gasteiger partial charge on any atom is -0.314 e. The highest BCUT2D eigenvalue weighted by atomic mass is 15.3. The second-order valence-electron chi connectivity index (χ2n) is 5.29. The van der Waals surface area contributed by atoms with Crippen molar-refractivity contribution in [1.82, 2.24) is 10.2 Å². The molecule has 0 aromatic rings. The molecule has 0 aromatic heterocycles. The second-order valence-corrected chi connectivity index (χ2v) is 5.29. The van der Waals surface area contributed by atoms with Gasteiger partial charge in [-0.2, -0.15) is 0 Å². The number of piperazine rings is 1. The fourth-order valence-corrected chi connectivity index (χ4v) is 3.38. The summed E-state index contributed by atoms with van der Waals surface area (Å²) < 4.78 is 0. The summed E-state index contributed by atoms with van der Waals surface area (Å²) in [6, 6.07) is 1.86. The molecule has 1 saturated heterocycles. The van der Waals surface area contributed by atoms with Crippen molar-refractivity contribution in [3.8, 4) is 0 Å². The maximum absolute atomic E-state index is 3.58. The van der Waals surface area contributed by atoms with Crippen LogP contribution in [0.3, 0.4) is 0 Å². The minimum absolute atomic E-state index is 0.888. The van der Waals surface area contributed by atoms with E-state index in [4.69, 9.17) is 0 Å². The van der Waals surface area contributed by atoms with E-state index in [0.29, 0.717) is 0 Å². The van der Waals surface area contributed by atoms with Gasteiger partial charge in [-0.05, 0) is 31.6 Å². The monoisotopic (exact) mass is 194 g/mol. The van der Waals surface area contributed by atoms with Crippen LogP contribution < -0.4 is 5.32 Å². The Hall–Kier alpha value is -0.0800. The summed E-state index contributed by atoms with van der Waals surface area (Å²) >= 11 is 0. The zero-order chi connectivity index (χ0) is 9.38. The topological polar surface area (TPSA) is 15.3 Å². The third-order valence-corrected chi connectivity index (χ3v) is 4.29. The molecule has 3 aliphatic rings. The highest BCUT2D eigenvalue weighted by Gasteiger charge is 2.39. The Morgan fingerprint density at radius 2 is 1.79 bits per heavy atom. The first-order chi connectivity index (χ1) is 6.95. The molecular weight excluding hydrogens is 172 g/mol. The van der Waals surface area contributed by atoms with Gasteiger partial charge in [-0.1, -0.05) is 12.8 Å². The Labute approximate surface area is 87.0 Å². The first-order valence-electron chi connectivity index (χ1n) is 6.41. The SMILES string of the molecule is C1CCC(C2CNCCN2C2CC2)C1. The van der Waals surface area contributed by atoms with Crippen molar-refractivity contribution in [2.45, 2.75) is 50.6 Å². The fraction of sp³-hybridized carbons (Fsp3) is 1.00. The summed E-state index contributed by atoms with van der Waals surface area (Å²) in [6.45, 7) is 3.80. The molecule has 0 spiro atoms. The van der Waals surface area contributed by atoms with Crippen molar-refractivity contribution in [2.75, 3.05) is 19.6 Å². The molecule has 1 unspecified atom stereocenters. The van der Waals surface area contributed by atoms with Crippen molar-refractivity contribution >= 4 is 0 Å². The average molecular weight is 194 g/mol. The van der Waals surface area contributed by atoms with E-state index >= 15 is 0 Å². The number of hydrogen-bond acceptors (Lipinski definition) is 2. The van der Waals surface area contributed by atoms with Crippen LogP contribution in [0.2, 0.25) is 0 Å². The molecule has 3 fully saturated rings. The lowest BCUT2D eigenvalue weighted by atomic mass is 9.95. The maximum atomic E-state index is 3.58. The lowest BCUT2D eigenvalue weighted by molar-refractivity contribution is 0.105. The molecule has 3 rings (SSSR count). The van der Waals surface area contributed by atoms with Crippen molar-refractivity contribution < 1.29 is 0 Å². The molecule has 2 heteroatoms. The summed E-state index contributed by atoms with van der Waals surface area (Å²) in [6.07, 6.45) is 8.91. The number of hydrogen-bond donors (Lipinski definition) is 1. The normalized spacial score (nSPS) is 36.4. The van der Waals surface area contributed by atoms with E-state index in [-0.39, 0.29) is 0 Å². The van der Waals surface area contributed by atoms with Crippen LogP contribution in [-0.2, 0) is 0 Å². The maximum Gasteiger partial charge on any atom is 0.0252 e. The predicted octanol–water partition coefficient (Wildman–Crippen LogP) is 1.61. The van der Waals surface area contributed by atoms with Crippen molar-refractivity contribution in [3.63, 3.8) is 0 Å². The largest absolute Gasteiger partial charge is 0.314 e. The summed E-state index contributed by atoms with van der Waals surface area (Å²) in [5, 5.41) is 3.58. The van der Waals surface area contributed by atoms with Gasteiger partial charge in [-0.15, -0.1) is 0 Å². The first kappa shape index (κ1) is 9.17. The molecule has 0 aromatic carbocycles. The highest BCUT2D eigenvalue weighted by Crippen LogP contribution is 2.36. The van der Waals surface area contributed by atoms with E-state index in [2.05, 4.69) is 10.2 Å². The van der Waals surface area contributed by atoms with E-state index in [9.17, 15) is 0 Å². The van der Waals surface area contributed by atoms with Crippen LogP contribution in [0.25, 0.3) is 0 Å². The Morgan fingerprint density at radius 3 is 2.50 bits per heavy atom. The standard InChI is InChI=1S/C12H22N2/c1-2-4-10(3-1)12-9-13-7-8-14(12)11-5-6-11/h10-13H,1-9H2. The van der Waals surface area contributed by atoms with Crippen LogP contribution in [0.5, 0.6) is 0 Å². The Morgan fingerprint density at radius 1 is 1.00 bits per heavy atom. The zero-order valence-corrected chi connectivity index (χ0v) is 9.04. The van der Waals surface area contributed by atoms with Crippen LogP contribution in [0.1, 0.15) is 38.5 Å². The molecular formula is C12H22N2. The molecule has 1 N–H and O–H groups in total. The molecule has 2 aliphatic carbocycles. The fourth-order valence-electron chi connectivity index (χ4n) is 3.38. The van der Waals surface area contributed by atoms with Gasteiger partial charge in [0.1, 0.15) is 0 Å². The number of rotatable bonds is 2. The molecule has 0 radical (unpaired) electrons. The van der Waals surface area contributed by atoms with E-state index in [1.807, 2.05) is 0 Å². The molecule has 2 nitrogen and oxygen atoms in total. The molecule has 0 amide bonds. The van der Waals surface area contributed by atoms with Gasteiger partial charge in [0.05, 0.1) is 0 Å². The predicted molar refractivity (Wildman–Crippen MR) is 58.3 cm³/mol. The van der Waals surface area contributed by atoms with Gasteiger partial charge in [0, 0.05) is 31.7 Å². The molecule has 0 bridgehead atoms. The summed E-state index contributed by atoms with van der Waals surface area (Å²) in [5.41, 5.74) is 0. The van der Waals surface area contributed by atoms with Gasteiger partial charge >= 0.3 is 0 Å². The van der Waals surface area contributed by atoms with Crippen LogP contribution in [-0.4, -0.2) is 36.6 Å². The summed E-state index contributed by atoms with van der Waals surface area (Å²) in [5.74, 6) is 1.02.